The average Bonchev–Trinajstić information content (AvgIpc) is 3.11. The van der Waals surface area contributed by atoms with Gasteiger partial charge in [-0.2, -0.15) is 0 Å². The summed E-state index contributed by atoms with van der Waals surface area (Å²) in [5, 5.41) is 8.19. The fourth-order valence-corrected chi connectivity index (χ4v) is 3.61. The maximum atomic E-state index is 12.2. The number of nitrogens with zero attached hydrogens (tertiary/aromatic N) is 2. The van der Waals surface area contributed by atoms with Crippen LogP contribution in [-0.2, 0) is 22.3 Å². The molecule has 9 heteroatoms. The molecule has 1 heterocycles. The van der Waals surface area contributed by atoms with Crippen LogP contribution in [0, 0.1) is 0 Å². The summed E-state index contributed by atoms with van der Waals surface area (Å²) >= 11 is 6.00. The lowest BCUT2D eigenvalue weighted by Crippen LogP contribution is -2.25. The van der Waals surface area contributed by atoms with Crippen LogP contribution in [0.15, 0.2) is 52.9 Å². The van der Waals surface area contributed by atoms with Crippen LogP contribution in [0.4, 0.5) is 0 Å². The number of benzene rings is 2. The van der Waals surface area contributed by atoms with Crippen molar-refractivity contribution in [1.82, 2.24) is 14.9 Å². The summed E-state index contributed by atoms with van der Waals surface area (Å²) in [6.07, 6.45) is 0. The lowest BCUT2D eigenvalue weighted by Gasteiger charge is -2.06. The van der Waals surface area contributed by atoms with Gasteiger partial charge in [0.05, 0.1) is 19.4 Å². The molecule has 0 bridgehead atoms. The predicted octanol–water partition coefficient (Wildman–Crippen LogP) is 3.02. The Morgan fingerprint density at radius 3 is 2.54 bits per heavy atom. The van der Waals surface area contributed by atoms with E-state index in [2.05, 4.69) is 14.9 Å². The highest BCUT2D eigenvalue weighted by Crippen LogP contribution is 2.21. The van der Waals surface area contributed by atoms with E-state index in [1.54, 1.807) is 55.6 Å². The Morgan fingerprint density at radius 1 is 1.12 bits per heavy atom. The van der Waals surface area contributed by atoms with Gasteiger partial charge >= 0.3 is 0 Å². The van der Waals surface area contributed by atoms with Gasteiger partial charge in [-0.25, -0.2) is 13.1 Å². The molecule has 3 aromatic rings. The van der Waals surface area contributed by atoms with Crippen LogP contribution in [0.3, 0.4) is 0 Å². The number of sulfonamides is 1. The molecular formula is C17H16ClN3O4S. The van der Waals surface area contributed by atoms with E-state index < -0.39 is 10.0 Å². The zero-order valence-corrected chi connectivity index (χ0v) is 15.4. The van der Waals surface area contributed by atoms with Crippen LogP contribution in [0.25, 0.3) is 11.5 Å². The Hall–Kier alpha value is -2.42. The molecule has 26 heavy (non-hydrogen) atoms. The lowest BCUT2D eigenvalue weighted by atomic mass is 10.2. The van der Waals surface area contributed by atoms with Crippen LogP contribution < -0.4 is 9.46 Å². The van der Waals surface area contributed by atoms with Crippen molar-refractivity contribution in [3.8, 4) is 17.2 Å². The van der Waals surface area contributed by atoms with Gasteiger partial charge in [0.25, 0.3) is 0 Å². The van der Waals surface area contributed by atoms with Crippen LogP contribution in [-0.4, -0.2) is 25.7 Å². The lowest BCUT2D eigenvalue weighted by molar-refractivity contribution is 0.415. The smallest absolute Gasteiger partial charge is 0.247 e. The monoisotopic (exact) mass is 393 g/mol. The first-order chi connectivity index (χ1) is 12.5. The van der Waals surface area contributed by atoms with Gasteiger partial charge in [-0.05, 0) is 35.9 Å². The second-order valence-electron chi connectivity index (χ2n) is 5.40. The van der Waals surface area contributed by atoms with Gasteiger partial charge < -0.3 is 9.15 Å². The largest absolute Gasteiger partial charge is 0.497 e. The number of hydrogen-bond donors (Lipinski definition) is 1. The summed E-state index contributed by atoms with van der Waals surface area (Å²) in [5.41, 5.74) is 1.23. The number of methoxy groups -OCH3 is 1. The van der Waals surface area contributed by atoms with E-state index in [4.69, 9.17) is 20.8 Å². The molecule has 1 aromatic heterocycles. The van der Waals surface area contributed by atoms with Crippen molar-refractivity contribution in [2.75, 3.05) is 7.11 Å². The molecule has 0 aliphatic rings. The summed E-state index contributed by atoms with van der Waals surface area (Å²) in [7, 11) is -2.02. The maximum absolute atomic E-state index is 12.2. The molecule has 0 unspecified atom stereocenters. The van der Waals surface area contributed by atoms with E-state index in [-0.39, 0.29) is 18.2 Å². The maximum Gasteiger partial charge on any atom is 0.247 e. The second kappa shape index (κ2) is 7.86. The van der Waals surface area contributed by atoms with Gasteiger partial charge in [0.2, 0.25) is 21.8 Å². The minimum Gasteiger partial charge on any atom is -0.497 e. The molecule has 0 fully saturated rings. The summed E-state index contributed by atoms with van der Waals surface area (Å²) in [4.78, 5) is 0. The SMILES string of the molecule is COc1ccc(-c2nnc(CNS(=O)(=O)Cc3ccccc3Cl)o2)cc1. The van der Waals surface area contributed by atoms with E-state index in [1.165, 1.54) is 0 Å². The average molecular weight is 394 g/mol. The van der Waals surface area contributed by atoms with Gasteiger partial charge in [0.15, 0.2) is 0 Å². The molecule has 136 valence electrons. The summed E-state index contributed by atoms with van der Waals surface area (Å²) in [5.74, 6) is 0.943. The minimum atomic E-state index is -3.60. The Kier molecular flexibility index (Phi) is 5.55. The molecule has 0 saturated heterocycles. The van der Waals surface area contributed by atoms with Gasteiger partial charge in [-0.3, -0.25) is 0 Å². The van der Waals surface area contributed by atoms with E-state index in [0.717, 1.165) is 0 Å². The molecule has 0 atom stereocenters. The van der Waals surface area contributed by atoms with E-state index in [0.29, 0.717) is 27.8 Å². The fourth-order valence-electron chi connectivity index (χ4n) is 2.22. The first-order valence-corrected chi connectivity index (χ1v) is 9.67. The highest BCUT2D eigenvalue weighted by Gasteiger charge is 2.16. The molecule has 3 rings (SSSR count). The molecule has 0 amide bonds. The Morgan fingerprint density at radius 2 is 1.85 bits per heavy atom. The summed E-state index contributed by atoms with van der Waals surface area (Å²) in [6, 6.07) is 13.9. The predicted molar refractivity (Wildman–Crippen MR) is 97.2 cm³/mol. The first-order valence-electron chi connectivity index (χ1n) is 7.64. The van der Waals surface area contributed by atoms with Gasteiger partial charge in [-0.1, -0.05) is 29.8 Å². The quantitative estimate of drug-likeness (QED) is 0.663. The van der Waals surface area contributed by atoms with Crippen molar-refractivity contribution >= 4 is 21.6 Å². The van der Waals surface area contributed by atoms with E-state index in [9.17, 15) is 8.42 Å². The van der Waals surface area contributed by atoms with Crippen molar-refractivity contribution in [2.24, 2.45) is 0 Å². The molecule has 7 nitrogen and oxygen atoms in total. The number of hydrogen-bond acceptors (Lipinski definition) is 6. The third-order valence-corrected chi connectivity index (χ3v) is 5.19. The molecule has 0 aliphatic carbocycles. The van der Waals surface area contributed by atoms with Crippen LogP contribution in [0.1, 0.15) is 11.5 Å². The first kappa shape index (κ1) is 18.4. The second-order valence-corrected chi connectivity index (χ2v) is 7.62. The number of aromatic nitrogens is 2. The number of nitrogens with one attached hydrogen (secondary N) is 1. The highest BCUT2D eigenvalue weighted by atomic mass is 35.5. The normalized spacial score (nSPS) is 11.5. The Bertz CT molecular complexity index is 987. The zero-order chi connectivity index (χ0) is 18.6. The van der Waals surface area contributed by atoms with E-state index in [1.807, 2.05) is 0 Å². The standard InChI is InChI=1S/C17H16ClN3O4S/c1-24-14-8-6-12(7-9-14)17-21-20-16(25-17)10-19-26(22,23)11-13-4-2-3-5-15(13)18/h2-9,19H,10-11H2,1H3. The van der Waals surface area contributed by atoms with Gasteiger partial charge in [0.1, 0.15) is 5.75 Å². The molecule has 0 spiro atoms. The summed E-state index contributed by atoms with van der Waals surface area (Å²) in [6.45, 7) is -0.101. The van der Waals surface area contributed by atoms with Gasteiger partial charge in [-0.15, -0.1) is 10.2 Å². The van der Waals surface area contributed by atoms with Crippen LogP contribution in [0.2, 0.25) is 5.02 Å². The Balaban J connectivity index is 1.64. The van der Waals surface area contributed by atoms with Crippen molar-refractivity contribution in [3.05, 3.63) is 65.0 Å². The van der Waals surface area contributed by atoms with Crippen molar-refractivity contribution in [1.29, 1.82) is 0 Å². The van der Waals surface area contributed by atoms with Crippen LogP contribution >= 0.6 is 11.6 Å². The molecule has 2 aromatic carbocycles. The molecule has 0 aliphatic heterocycles. The molecule has 1 N–H and O–H groups in total. The third-order valence-electron chi connectivity index (χ3n) is 3.55. The molecule has 0 saturated carbocycles. The third kappa shape index (κ3) is 4.60. The van der Waals surface area contributed by atoms with E-state index >= 15 is 0 Å². The molecule has 0 radical (unpaired) electrons. The molecular weight excluding hydrogens is 378 g/mol. The van der Waals surface area contributed by atoms with Crippen molar-refractivity contribution in [2.45, 2.75) is 12.3 Å². The number of halogens is 1. The minimum absolute atomic E-state index is 0.101. The highest BCUT2D eigenvalue weighted by molar-refractivity contribution is 7.88. The van der Waals surface area contributed by atoms with Crippen LogP contribution in [0.5, 0.6) is 5.75 Å². The zero-order valence-electron chi connectivity index (χ0n) is 13.8. The number of rotatable bonds is 7. The summed E-state index contributed by atoms with van der Waals surface area (Å²) < 4.78 is 37.4. The van der Waals surface area contributed by atoms with Crippen molar-refractivity contribution < 1.29 is 17.6 Å². The van der Waals surface area contributed by atoms with Crippen molar-refractivity contribution in [3.63, 3.8) is 0 Å². The number of ether oxygens (including phenoxy) is 1. The van der Waals surface area contributed by atoms with Gasteiger partial charge in [0, 0.05) is 10.6 Å². The Labute approximate surface area is 156 Å². The topological polar surface area (TPSA) is 94.3 Å². The fraction of sp³-hybridized carbons (Fsp3) is 0.176.